The first-order valence-electron chi connectivity index (χ1n) is 4.63. The van der Waals surface area contributed by atoms with Crippen molar-refractivity contribution in [3.8, 4) is 0 Å². The third kappa shape index (κ3) is 2.70. The molecule has 1 aliphatic rings. The van der Waals surface area contributed by atoms with Crippen LogP contribution in [0, 0.1) is 0 Å². The molecule has 1 fully saturated rings. The van der Waals surface area contributed by atoms with Crippen molar-refractivity contribution < 1.29 is 4.79 Å². The third-order valence-corrected chi connectivity index (χ3v) is 3.15. The number of nitrogens with zero attached hydrogens (tertiary/aromatic N) is 1. The number of amides is 1. The van der Waals surface area contributed by atoms with Crippen LogP contribution in [0.4, 0.5) is 0 Å². The summed E-state index contributed by atoms with van der Waals surface area (Å²) in [5.74, 6) is 1.49. The maximum atomic E-state index is 11.2. The van der Waals surface area contributed by atoms with Crippen LogP contribution in [0.15, 0.2) is 0 Å². The molecule has 1 unspecified atom stereocenters. The summed E-state index contributed by atoms with van der Waals surface area (Å²) < 4.78 is 0. The van der Waals surface area contributed by atoms with Crippen LogP contribution in [0.5, 0.6) is 0 Å². The minimum Gasteiger partial charge on any atom is -0.342 e. The first kappa shape index (κ1) is 9.90. The molecular formula is C9H17NOS. The Hall–Kier alpha value is -0.180. The summed E-state index contributed by atoms with van der Waals surface area (Å²) in [5, 5.41) is 0.594. The second-order valence-electron chi connectivity index (χ2n) is 3.21. The number of hydrogen-bond acceptors (Lipinski definition) is 2. The molecule has 0 aromatic heterocycles. The van der Waals surface area contributed by atoms with E-state index >= 15 is 0 Å². The fraction of sp³-hybridized carbons (Fsp3) is 0.889. The molecule has 0 radical (unpaired) electrons. The normalized spacial score (nSPS) is 20.2. The van der Waals surface area contributed by atoms with Gasteiger partial charge in [-0.25, -0.2) is 0 Å². The highest BCUT2D eigenvalue weighted by atomic mass is 32.2. The predicted molar refractivity (Wildman–Crippen MR) is 53.4 cm³/mol. The molecule has 1 aliphatic heterocycles. The van der Waals surface area contributed by atoms with E-state index < -0.39 is 0 Å². The van der Waals surface area contributed by atoms with Gasteiger partial charge in [0.1, 0.15) is 0 Å². The van der Waals surface area contributed by atoms with E-state index in [1.165, 1.54) is 0 Å². The Labute approximate surface area is 78.7 Å². The smallest absolute Gasteiger partial charge is 0.222 e. The Morgan fingerprint density at radius 2 is 2.42 bits per heavy atom. The van der Waals surface area contributed by atoms with Crippen LogP contribution in [0.1, 0.15) is 26.7 Å². The molecule has 12 heavy (non-hydrogen) atoms. The summed E-state index contributed by atoms with van der Waals surface area (Å²) >= 11 is 1.93. The SMILES string of the molecule is CCSC(C)CN1CCCC1=O. The van der Waals surface area contributed by atoms with Gasteiger partial charge in [-0.2, -0.15) is 11.8 Å². The molecule has 0 N–H and O–H groups in total. The van der Waals surface area contributed by atoms with Crippen molar-refractivity contribution in [2.24, 2.45) is 0 Å². The average Bonchev–Trinajstić information content (AvgIpc) is 2.37. The van der Waals surface area contributed by atoms with Crippen molar-refractivity contribution in [2.45, 2.75) is 31.9 Å². The Morgan fingerprint density at radius 1 is 1.67 bits per heavy atom. The van der Waals surface area contributed by atoms with E-state index in [1.807, 2.05) is 16.7 Å². The minimum atomic E-state index is 0.346. The van der Waals surface area contributed by atoms with Gasteiger partial charge in [0.25, 0.3) is 0 Å². The van der Waals surface area contributed by atoms with Crippen LogP contribution >= 0.6 is 11.8 Å². The van der Waals surface area contributed by atoms with Gasteiger partial charge in [-0.1, -0.05) is 13.8 Å². The molecule has 1 saturated heterocycles. The molecule has 0 saturated carbocycles. The van der Waals surface area contributed by atoms with Crippen molar-refractivity contribution >= 4 is 17.7 Å². The standard InChI is InChI=1S/C9H17NOS/c1-3-12-8(2)7-10-6-4-5-9(10)11/h8H,3-7H2,1-2H3. The van der Waals surface area contributed by atoms with E-state index in [0.717, 1.165) is 31.7 Å². The molecule has 1 amide bonds. The molecule has 0 aromatic rings. The van der Waals surface area contributed by atoms with Crippen molar-refractivity contribution in [1.29, 1.82) is 0 Å². The lowest BCUT2D eigenvalue weighted by molar-refractivity contribution is -0.127. The third-order valence-electron chi connectivity index (χ3n) is 2.10. The topological polar surface area (TPSA) is 20.3 Å². The Bertz CT molecular complexity index is 161. The number of likely N-dealkylation sites (tertiary alicyclic amines) is 1. The Balaban J connectivity index is 2.25. The highest BCUT2D eigenvalue weighted by molar-refractivity contribution is 7.99. The van der Waals surface area contributed by atoms with Gasteiger partial charge < -0.3 is 4.90 Å². The van der Waals surface area contributed by atoms with Crippen LogP contribution in [0.2, 0.25) is 0 Å². The van der Waals surface area contributed by atoms with Gasteiger partial charge in [-0.05, 0) is 12.2 Å². The van der Waals surface area contributed by atoms with Crippen LogP contribution in [0.3, 0.4) is 0 Å². The lowest BCUT2D eigenvalue weighted by atomic mass is 10.4. The highest BCUT2D eigenvalue weighted by Gasteiger charge is 2.21. The van der Waals surface area contributed by atoms with Crippen molar-refractivity contribution in [2.75, 3.05) is 18.8 Å². The van der Waals surface area contributed by atoms with Crippen LogP contribution in [-0.4, -0.2) is 34.9 Å². The van der Waals surface area contributed by atoms with E-state index in [2.05, 4.69) is 13.8 Å². The minimum absolute atomic E-state index is 0.346. The molecule has 1 heterocycles. The van der Waals surface area contributed by atoms with Crippen molar-refractivity contribution in [1.82, 2.24) is 4.90 Å². The summed E-state index contributed by atoms with van der Waals surface area (Å²) in [4.78, 5) is 13.2. The van der Waals surface area contributed by atoms with Crippen LogP contribution in [-0.2, 0) is 4.79 Å². The Morgan fingerprint density at radius 3 is 2.92 bits per heavy atom. The molecule has 0 bridgehead atoms. The van der Waals surface area contributed by atoms with Gasteiger partial charge in [-0.15, -0.1) is 0 Å². The second-order valence-corrected chi connectivity index (χ2v) is 4.92. The van der Waals surface area contributed by atoms with Gasteiger partial charge >= 0.3 is 0 Å². The molecule has 0 aliphatic carbocycles. The summed E-state index contributed by atoms with van der Waals surface area (Å²) in [7, 11) is 0. The van der Waals surface area contributed by atoms with E-state index in [0.29, 0.717) is 11.2 Å². The quantitative estimate of drug-likeness (QED) is 0.668. The van der Waals surface area contributed by atoms with Gasteiger partial charge in [0, 0.05) is 24.8 Å². The number of carbonyl (C=O) groups is 1. The second kappa shape index (κ2) is 4.75. The summed E-state index contributed by atoms with van der Waals surface area (Å²) in [6, 6.07) is 0. The maximum Gasteiger partial charge on any atom is 0.222 e. The van der Waals surface area contributed by atoms with Gasteiger partial charge in [0.05, 0.1) is 0 Å². The molecule has 0 aromatic carbocycles. The van der Waals surface area contributed by atoms with E-state index in [-0.39, 0.29) is 0 Å². The monoisotopic (exact) mass is 187 g/mol. The zero-order valence-corrected chi connectivity index (χ0v) is 8.69. The molecule has 0 spiro atoms. The fourth-order valence-corrected chi connectivity index (χ4v) is 2.40. The predicted octanol–water partition coefficient (Wildman–Crippen LogP) is 1.75. The summed E-state index contributed by atoms with van der Waals surface area (Å²) in [5.41, 5.74) is 0. The number of carbonyl (C=O) groups excluding carboxylic acids is 1. The first-order valence-corrected chi connectivity index (χ1v) is 5.68. The van der Waals surface area contributed by atoms with Gasteiger partial charge in [-0.3, -0.25) is 4.79 Å². The van der Waals surface area contributed by atoms with Crippen LogP contribution in [0.25, 0.3) is 0 Å². The molecular weight excluding hydrogens is 170 g/mol. The van der Waals surface area contributed by atoms with Crippen LogP contribution < -0.4 is 0 Å². The zero-order chi connectivity index (χ0) is 8.97. The first-order chi connectivity index (χ1) is 5.74. The highest BCUT2D eigenvalue weighted by Crippen LogP contribution is 2.15. The molecule has 3 heteroatoms. The number of rotatable bonds is 4. The largest absolute Gasteiger partial charge is 0.342 e. The molecule has 2 nitrogen and oxygen atoms in total. The zero-order valence-electron chi connectivity index (χ0n) is 7.88. The maximum absolute atomic E-state index is 11.2. The van der Waals surface area contributed by atoms with Gasteiger partial charge in [0.2, 0.25) is 5.91 Å². The summed E-state index contributed by atoms with van der Waals surface area (Å²) in [6.45, 7) is 6.28. The van der Waals surface area contributed by atoms with E-state index in [9.17, 15) is 4.79 Å². The van der Waals surface area contributed by atoms with E-state index in [1.54, 1.807) is 0 Å². The molecule has 1 rings (SSSR count). The molecule has 70 valence electrons. The summed E-state index contributed by atoms with van der Waals surface area (Å²) in [6.07, 6.45) is 1.83. The van der Waals surface area contributed by atoms with Crippen molar-refractivity contribution in [3.63, 3.8) is 0 Å². The fourth-order valence-electron chi connectivity index (χ4n) is 1.54. The van der Waals surface area contributed by atoms with Gasteiger partial charge in [0.15, 0.2) is 0 Å². The van der Waals surface area contributed by atoms with Crippen molar-refractivity contribution in [3.05, 3.63) is 0 Å². The lowest BCUT2D eigenvalue weighted by Crippen LogP contribution is -2.30. The number of hydrogen-bond donors (Lipinski definition) is 0. The average molecular weight is 187 g/mol. The Kier molecular flexibility index (Phi) is 3.92. The van der Waals surface area contributed by atoms with E-state index in [4.69, 9.17) is 0 Å². The molecule has 1 atom stereocenters. The number of thioether (sulfide) groups is 1. The lowest BCUT2D eigenvalue weighted by Gasteiger charge is -2.19.